The van der Waals surface area contributed by atoms with Crippen molar-refractivity contribution in [2.45, 2.75) is 26.2 Å². The molecule has 0 amide bonds. The number of nitrogens with zero attached hydrogens (tertiary/aromatic N) is 2. The van der Waals surface area contributed by atoms with Gasteiger partial charge < -0.3 is 0 Å². The van der Waals surface area contributed by atoms with Crippen LogP contribution in [-0.2, 0) is 5.41 Å². The van der Waals surface area contributed by atoms with Crippen LogP contribution >= 0.6 is 0 Å². The molecule has 2 nitrogen and oxygen atoms in total. The van der Waals surface area contributed by atoms with E-state index in [1.165, 1.54) is 0 Å². The number of rotatable bonds is 2. The van der Waals surface area contributed by atoms with E-state index in [9.17, 15) is 0 Å². The maximum Gasteiger partial charge on any atom is 0.0683 e. The van der Waals surface area contributed by atoms with Crippen molar-refractivity contribution >= 4 is 0 Å². The molecule has 0 aliphatic heterocycles. The van der Waals surface area contributed by atoms with Crippen molar-refractivity contribution in [2.75, 3.05) is 0 Å². The third-order valence-corrected chi connectivity index (χ3v) is 2.27. The van der Waals surface area contributed by atoms with Crippen LogP contribution in [0.3, 0.4) is 0 Å². The zero-order valence-corrected chi connectivity index (χ0v) is 7.83. The summed E-state index contributed by atoms with van der Waals surface area (Å²) in [5, 5.41) is 0. The number of allylic oxidation sites excluding steroid dienone is 1. The standard InChI is InChI=1S/C10H14N2/c1-8(2)10(3,4)9-7-11-5-6-12-9/h5-7H,1H2,2-4H3. The van der Waals surface area contributed by atoms with Gasteiger partial charge in [0.25, 0.3) is 0 Å². The van der Waals surface area contributed by atoms with Gasteiger partial charge in [-0.05, 0) is 6.92 Å². The van der Waals surface area contributed by atoms with Crippen LogP contribution in [0.25, 0.3) is 0 Å². The van der Waals surface area contributed by atoms with E-state index in [4.69, 9.17) is 0 Å². The van der Waals surface area contributed by atoms with E-state index in [0.717, 1.165) is 11.3 Å². The van der Waals surface area contributed by atoms with Crippen LogP contribution in [0.15, 0.2) is 30.7 Å². The Hall–Kier alpha value is -1.18. The van der Waals surface area contributed by atoms with Gasteiger partial charge in [-0.3, -0.25) is 9.97 Å². The lowest BCUT2D eigenvalue weighted by atomic mass is 9.83. The second-order valence-corrected chi connectivity index (χ2v) is 3.50. The Labute approximate surface area is 73.4 Å². The van der Waals surface area contributed by atoms with Crippen LogP contribution < -0.4 is 0 Å². The summed E-state index contributed by atoms with van der Waals surface area (Å²) in [6.45, 7) is 10.1. The van der Waals surface area contributed by atoms with Crippen molar-refractivity contribution < 1.29 is 0 Å². The summed E-state index contributed by atoms with van der Waals surface area (Å²) in [6.07, 6.45) is 5.17. The highest BCUT2D eigenvalue weighted by Crippen LogP contribution is 2.27. The lowest BCUT2D eigenvalue weighted by molar-refractivity contribution is 0.599. The van der Waals surface area contributed by atoms with E-state index in [-0.39, 0.29) is 5.41 Å². The summed E-state index contributed by atoms with van der Waals surface area (Å²) >= 11 is 0. The molecule has 0 bridgehead atoms. The highest BCUT2D eigenvalue weighted by molar-refractivity contribution is 5.23. The zero-order valence-electron chi connectivity index (χ0n) is 7.83. The predicted octanol–water partition coefficient (Wildman–Crippen LogP) is 2.33. The smallest absolute Gasteiger partial charge is 0.0683 e. The molecular formula is C10H14N2. The maximum absolute atomic E-state index is 4.25. The van der Waals surface area contributed by atoms with Crippen molar-refractivity contribution in [2.24, 2.45) is 0 Å². The molecule has 0 spiro atoms. The first-order chi connectivity index (χ1) is 5.55. The Bertz CT molecular complexity index is 275. The molecule has 0 atom stereocenters. The van der Waals surface area contributed by atoms with Crippen LogP contribution in [-0.4, -0.2) is 9.97 Å². The number of hydrogen-bond acceptors (Lipinski definition) is 2. The molecule has 0 aliphatic rings. The third kappa shape index (κ3) is 1.52. The summed E-state index contributed by atoms with van der Waals surface area (Å²) in [5.74, 6) is 0. The van der Waals surface area contributed by atoms with Gasteiger partial charge in [-0.25, -0.2) is 0 Å². The van der Waals surface area contributed by atoms with E-state index in [1.54, 1.807) is 18.6 Å². The highest BCUT2D eigenvalue weighted by Gasteiger charge is 2.22. The topological polar surface area (TPSA) is 25.8 Å². The predicted molar refractivity (Wildman–Crippen MR) is 49.9 cm³/mol. The Morgan fingerprint density at radius 2 is 2.08 bits per heavy atom. The molecule has 64 valence electrons. The second-order valence-electron chi connectivity index (χ2n) is 3.50. The molecule has 0 radical (unpaired) electrons. The minimum atomic E-state index is -0.0751. The van der Waals surface area contributed by atoms with Gasteiger partial charge in [0.2, 0.25) is 0 Å². The second kappa shape index (κ2) is 3.05. The number of aromatic nitrogens is 2. The van der Waals surface area contributed by atoms with Crippen LogP contribution in [0.2, 0.25) is 0 Å². The van der Waals surface area contributed by atoms with Crippen LogP contribution in [0.4, 0.5) is 0 Å². The first kappa shape index (κ1) is 8.91. The molecule has 1 heterocycles. The lowest BCUT2D eigenvalue weighted by Gasteiger charge is -2.23. The van der Waals surface area contributed by atoms with E-state index in [0.29, 0.717) is 0 Å². The van der Waals surface area contributed by atoms with Crippen molar-refractivity contribution in [3.8, 4) is 0 Å². The Kier molecular flexibility index (Phi) is 2.27. The van der Waals surface area contributed by atoms with Gasteiger partial charge in [0.1, 0.15) is 0 Å². The fourth-order valence-electron chi connectivity index (χ4n) is 0.840. The van der Waals surface area contributed by atoms with Gasteiger partial charge in [0.15, 0.2) is 0 Å². The molecule has 1 aromatic rings. The van der Waals surface area contributed by atoms with Crippen LogP contribution in [0, 0.1) is 0 Å². The molecule has 0 aromatic carbocycles. The minimum Gasteiger partial charge on any atom is -0.261 e. The van der Waals surface area contributed by atoms with E-state index in [2.05, 4.69) is 30.4 Å². The minimum absolute atomic E-state index is 0.0751. The van der Waals surface area contributed by atoms with Crippen molar-refractivity contribution in [3.63, 3.8) is 0 Å². The molecule has 0 aliphatic carbocycles. The molecule has 0 N–H and O–H groups in total. The fourth-order valence-corrected chi connectivity index (χ4v) is 0.840. The van der Waals surface area contributed by atoms with Gasteiger partial charge in [0, 0.05) is 24.0 Å². The first-order valence-corrected chi connectivity index (χ1v) is 3.97. The largest absolute Gasteiger partial charge is 0.261 e. The van der Waals surface area contributed by atoms with Crippen molar-refractivity contribution in [3.05, 3.63) is 36.4 Å². The Morgan fingerprint density at radius 3 is 2.50 bits per heavy atom. The quantitative estimate of drug-likeness (QED) is 0.624. The van der Waals surface area contributed by atoms with E-state index in [1.807, 2.05) is 6.92 Å². The molecule has 1 rings (SSSR count). The van der Waals surface area contributed by atoms with Gasteiger partial charge in [-0.15, -0.1) is 0 Å². The summed E-state index contributed by atoms with van der Waals surface area (Å²) in [7, 11) is 0. The molecular weight excluding hydrogens is 148 g/mol. The van der Waals surface area contributed by atoms with E-state index >= 15 is 0 Å². The normalized spacial score (nSPS) is 11.2. The molecule has 0 saturated carbocycles. The summed E-state index contributed by atoms with van der Waals surface area (Å²) in [4.78, 5) is 8.28. The van der Waals surface area contributed by atoms with Gasteiger partial charge in [0.05, 0.1) is 5.69 Å². The summed E-state index contributed by atoms with van der Waals surface area (Å²) in [6, 6.07) is 0. The molecule has 0 fully saturated rings. The van der Waals surface area contributed by atoms with Gasteiger partial charge in [-0.2, -0.15) is 0 Å². The molecule has 0 saturated heterocycles. The fraction of sp³-hybridized carbons (Fsp3) is 0.400. The van der Waals surface area contributed by atoms with Crippen molar-refractivity contribution in [1.82, 2.24) is 9.97 Å². The van der Waals surface area contributed by atoms with Crippen LogP contribution in [0.1, 0.15) is 26.5 Å². The van der Waals surface area contributed by atoms with Gasteiger partial charge >= 0.3 is 0 Å². The highest BCUT2D eigenvalue weighted by atomic mass is 14.8. The summed E-state index contributed by atoms with van der Waals surface area (Å²) in [5.41, 5.74) is 1.99. The third-order valence-electron chi connectivity index (χ3n) is 2.27. The molecule has 1 aromatic heterocycles. The average molecular weight is 162 g/mol. The lowest BCUT2D eigenvalue weighted by Crippen LogP contribution is -2.19. The Balaban J connectivity index is 3.06. The first-order valence-electron chi connectivity index (χ1n) is 3.97. The number of hydrogen-bond donors (Lipinski definition) is 0. The van der Waals surface area contributed by atoms with Gasteiger partial charge in [-0.1, -0.05) is 26.0 Å². The Morgan fingerprint density at radius 1 is 1.42 bits per heavy atom. The summed E-state index contributed by atoms with van der Waals surface area (Å²) < 4.78 is 0. The average Bonchev–Trinajstić information content (AvgIpc) is 2.06. The molecule has 0 unspecified atom stereocenters. The van der Waals surface area contributed by atoms with Crippen LogP contribution in [0.5, 0.6) is 0 Å². The zero-order chi connectivity index (χ0) is 9.19. The SMILES string of the molecule is C=C(C)C(C)(C)c1cnccn1. The van der Waals surface area contributed by atoms with Crippen molar-refractivity contribution in [1.29, 1.82) is 0 Å². The molecule has 2 heteroatoms. The maximum atomic E-state index is 4.25. The monoisotopic (exact) mass is 162 g/mol. The van der Waals surface area contributed by atoms with E-state index < -0.39 is 0 Å². The molecule has 12 heavy (non-hydrogen) atoms.